The minimum absolute atomic E-state index is 0.144. The van der Waals surface area contributed by atoms with Crippen LogP contribution in [0.3, 0.4) is 0 Å². The van der Waals surface area contributed by atoms with E-state index in [1.807, 2.05) is 0 Å². The fourth-order valence-corrected chi connectivity index (χ4v) is 2.23. The van der Waals surface area contributed by atoms with Crippen LogP contribution in [0.25, 0.3) is 0 Å². The molecule has 1 aromatic rings. The lowest BCUT2D eigenvalue weighted by Gasteiger charge is -2.13. The number of rotatable bonds is 3. The summed E-state index contributed by atoms with van der Waals surface area (Å²) in [5, 5.41) is 9.36. The second kappa shape index (κ2) is 2.83. The van der Waals surface area contributed by atoms with Gasteiger partial charge in [-0.2, -0.15) is 0 Å². The lowest BCUT2D eigenvalue weighted by atomic mass is 9.94. The van der Waals surface area contributed by atoms with Crippen LogP contribution >= 0.6 is 0 Å². The zero-order chi connectivity index (χ0) is 9.60. The Bertz CT molecular complexity index is 348. The van der Waals surface area contributed by atoms with Crippen molar-refractivity contribution in [1.82, 2.24) is 0 Å². The highest BCUT2D eigenvalue weighted by Crippen LogP contribution is 2.49. The molecule has 74 valence electrons. The summed E-state index contributed by atoms with van der Waals surface area (Å²) in [6.45, 7) is 0.321. The fraction of sp³-hybridized carbons (Fsp3) is 0.538. The zero-order valence-corrected chi connectivity index (χ0v) is 8.37. The number of benzene rings is 1. The Kier molecular flexibility index (Phi) is 1.72. The van der Waals surface area contributed by atoms with Gasteiger partial charge in [0.05, 0.1) is 6.61 Å². The second-order valence-electron chi connectivity index (χ2n) is 4.84. The van der Waals surface area contributed by atoms with Crippen molar-refractivity contribution in [3.05, 3.63) is 35.4 Å². The number of aliphatic hydroxyl groups is 1. The predicted molar refractivity (Wildman–Crippen MR) is 56.4 cm³/mol. The van der Waals surface area contributed by atoms with E-state index in [-0.39, 0.29) is 5.41 Å². The summed E-state index contributed by atoms with van der Waals surface area (Å²) < 4.78 is 0. The van der Waals surface area contributed by atoms with Crippen LogP contribution in [0.2, 0.25) is 0 Å². The summed E-state index contributed by atoms with van der Waals surface area (Å²) in [6.07, 6.45) is 5.04. The van der Waals surface area contributed by atoms with Gasteiger partial charge in [0.2, 0.25) is 0 Å². The molecule has 0 unspecified atom stereocenters. The minimum atomic E-state index is 0.144. The number of aliphatic hydroxyl groups excluding tert-OH is 1. The van der Waals surface area contributed by atoms with Gasteiger partial charge in [0, 0.05) is 5.41 Å². The van der Waals surface area contributed by atoms with Gasteiger partial charge < -0.3 is 5.11 Å². The van der Waals surface area contributed by atoms with Gasteiger partial charge in [-0.15, -0.1) is 0 Å². The monoisotopic (exact) mass is 188 g/mol. The highest BCUT2D eigenvalue weighted by Gasteiger charge is 2.43. The molecule has 1 aromatic carbocycles. The molecule has 2 aliphatic rings. The van der Waals surface area contributed by atoms with Crippen LogP contribution < -0.4 is 0 Å². The van der Waals surface area contributed by atoms with Gasteiger partial charge in [-0.1, -0.05) is 24.3 Å². The average molecular weight is 188 g/mol. The Labute approximate surface area is 84.8 Å². The molecule has 2 saturated carbocycles. The maximum absolute atomic E-state index is 9.36. The van der Waals surface area contributed by atoms with Crippen LogP contribution in [-0.2, 0) is 5.41 Å². The quantitative estimate of drug-likeness (QED) is 0.773. The molecule has 1 heteroatoms. The minimum Gasteiger partial charge on any atom is -0.395 e. The first-order valence-corrected chi connectivity index (χ1v) is 5.55. The van der Waals surface area contributed by atoms with Crippen molar-refractivity contribution >= 4 is 0 Å². The summed E-state index contributed by atoms with van der Waals surface area (Å²) in [5.41, 5.74) is 3.00. The molecule has 0 aromatic heterocycles. The Balaban J connectivity index is 1.94. The first kappa shape index (κ1) is 8.49. The largest absolute Gasteiger partial charge is 0.395 e. The van der Waals surface area contributed by atoms with E-state index < -0.39 is 0 Å². The first-order chi connectivity index (χ1) is 6.84. The highest BCUT2D eigenvalue weighted by molar-refractivity contribution is 5.37. The zero-order valence-electron chi connectivity index (χ0n) is 8.37. The summed E-state index contributed by atoms with van der Waals surface area (Å²) in [7, 11) is 0. The topological polar surface area (TPSA) is 20.2 Å². The van der Waals surface area contributed by atoms with Crippen LogP contribution in [0.5, 0.6) is 0 Å². The number of hydrogen-bond donors (Lipinski definition) is 1. The Morgan fingerprint density at radius 1 is 1.29 bits per heavy atom. The van der Waals surface area contributed by atoms with Gasteiger partial charge in [0.15, 0.2) is 0 Å². The van der Waals surface area contributed by atoms with Crippen LogP contribution in [0.1, 0.15) is 42.7 Å². The van der Waals surface area contributed by atoms with Crippen molar-refractivity contribution in [2.45, 2.75) is 37.0 Å². The Hall–Kier alpha value is -0.820. The highest BCUT2D eigenvalue weighted by atomic mass is 16.3. The summed E-state index contributed by atoms with van der Waals surface area (Å²) in [5.74, 6) is 0.824. The van der Waals surface area contributed by atoms with Crippen LogP contribution in [0.4, 0.5) is 0 Å². The van der Waals surface area contributed by atoms with E-state index in [4.69, 9.17) is 0 Å². The van der Waals surface area contributed by atoms with Gasteiger partial charge in [-0.25, -0.2) is 0 Å². The van der Waals surface area contributed by atoms with Crippen LogP contribution in [0, 0.1) is 0 Å². The van der Waals surface area contributed by atoms with Crippen LogP contribution in [-0.4, -0.2) is 11.7 Å². The molecular formula is C13H16O. The molecule has 14 heavy (non-hydrogen) atoms. The summed E-state index contributed by atoms with van der Waals surface area (Å²) in [6, 6.07) is 8.88. The molecule has 0 radical (unpaired) electrons. The summed E-state index contributed by atoms with van der Waals surface area (Å²) in [4.78, 5) is 0. The van der Waals surface area contributed by atoms with Gasteiger partial charge in [-0.3, -0.25) is 0 Å². The molecule has 0 spiro atoms. The normalized spacial score (nSPS) is 23.5. The van der Waals surface area contributed by atoms with E-state index in [2.05, 4.69) is 24.3 Å². The van der Waals surface area contributed by atoms with E-state index in [9.17, 15) is 5.11 Å². The third-order valence-electron chi connectivity index (χ3n) is 3.70. The standard InChI is InChI=1S/C13H16O/c14-9-13(6-7-13)12-3-1-2-11(8-12)10-4-5-10/h1-3,8,10,14H,4-7,9H2. The van der Waals surface area contributed by atoms with Gasteiger partial charge in [0.1, 0.15) is 0 Å². The van der Waals surface area contributed by atoms with E-state index in [0.29, 0.717) is 6.61 Å². The lowest BCUT2D eigenvalue weighted by molar-refractivity contribution is 0.255. The molecule has 0 aliphatic heterocycles. The van der Waals surface area contributed by atoms with Crippen molar-refractivity contribution in [2.24, 2.45) is 0 Å². The molecule has 0 amide bonds. The Morgan fingerprint density at radius 3 is 2.64 bits per heavy atom. The fourth-order valence-electron chi connectivity index (χ4n) is 2.23. The molecule has 0 saturated heterocycles. The van der Waals surface area contributed by atoms with Gasteiger partial charge in [0.25, 0.3) is 0 Å². The van der Waals surface area contributed by atoms with Crippen molar-refractivity contribution in [2.75, 3.05) is 6.61 Å². The summed E-state index contributed by atoms with van der Waals surface area (Å²) >= 11 is 0. The number of hydrogen-bond acceptors (Lipinski definition) is 1. The molecule has 3 rings (SSSR count). The second-order valence-corrected chi connectivity index (χ2v) is 4.84. The molecule has 1 nitrogen and oxygen atoms in total. The molecule has 1 N–H and O–H groups in total. The SMILES string of the molecule is OCC1(c2cccc(C3CC3)c2)CC1. The third kappa shape index (κ3) is 1.27. The van der Waals surface area contributed by atoms with Crippen molar-refractivity contribution in [3.8, 4) is 0 Å². The smallest absolute Gasteiger partial charge is 0.0527 e. The van der Waals surface area contributed by atoms with E-state index in [0.717, 1.165) is 18.8 Å². The molecule has 0 heterocycles. The van der Waals surface area contributed by atoms with Crippen molar-refractivity contribution in [3.63, 3.8) is 0 Å². The van der Waals surface area contributed by atoms with Crippen molar-refractivity contribution in [1.29, 1.82) is 0 Å². The molecule has 2 aliphatic carbocycles. The molecular weight excluding hydrogens is 172 g/mol. The average Bonchev–Trinajstić information content (AvgIpc) is 3.12. The predicted octanol–water partition coefficient (Wildman–Crippen LogP) is 2.59. The van der Waals surface area contributed by atoms with Gasteiger partial charge >= 0.3 is 0 Å². The lowest BCUT2D eigenvalue weighted by Crippen LogP contribution is -2.11. The Morgan fingerprint density at radius 2 is 2.07 bits per heavy atom. The molecule has 0 atom stereocenters. The maximum Gasteiger partial charge on any atom is 0.0527 e. The molecule has 0 bridgehead atoms. The van der Waals surface area contributed by atoms with Crippen LogP contribution in [0.15, 0.2) is 24.3 Å². The molecule has 2 fully saturated rings. The maximum atomic E-state index is 9.36. The van der Waals surface area contributed by atoms with E-state index in [1.165, 1.54) is 24.0 Å². The third-order valence-corrected chi connectivity index (χ3v) is 3.70. The van der Waals surface area contributed by atoms with Crippen molar-refractivity contribution < 1.29 is 5.11 Å². The van der Waals surface area contributed by atoms with E-state index in [1.54, 1.807) is 0 Å². The first-order valence-electron chi connectivity index (χ1n) is 5.55. The van der Waals surface area contributed by atoms with E-state index >= 15 is 0 Å². The van der Waals surface area contributed by atoms with Gasteiger partial charge in [-0.05, 0) is 42.7 Å².